The summed E-state index contributed by atoms with van der Waals surface area (Å²) in [5.74, 6) is 1.53. The van der Waals surface area contributed by atoms with Crippen LogP contribution >= 0.6 is 0 Å². The van der Waals surface area contributed by atoms with Crippen molar-refractivity contribution in [3.05, 3.63) is 23.8 Å². The topological polar surface area (TPSA) is 54.3 Å². The highest BCUT2D eigenvalue weighted by Crippen LogP contribution is 2.24. The molecule has 4 heteroatoms. The minimum atomic E-state index is 0.580. The zero-order valence-corrected chi connectivity index (χ0v) is 8.33. The van der Waals surface area contributed by atoms with Crippen molar-refractivity contribution in [1.29, 1.82) is 5.41 Å². The Hall–Kier alpha value is -1.71. The van der Waals surface area contributed by atoms with E-state index in [1.165, 1.54) is 0 Å². The van der Waals surface area contributed by atoms with E-state index in [2.05, 4.69) is 5.32 Å². The van der Waals surface area contributed by atoms with Crippen LogP contribution in [0.4, 0.5) is 0 Å². The van der Waals surface area contributed by atoms with Gasteiger partial charge in [0.25, 0.3) is 0 Å². The maximum atomic E-state index is 6.86. The standard InChI is InChI=1S/C10H14N2O2/c1-13-9-4-3-8(6-12-7-11)10(5-9)14-2/h3-5,7H,6H2,1-2H3,(H2,11,12). The number of methoxy groups -OCH3 is 2. The van der Waals surface area contributed by atoms with E-state index in [1.54, 1.807) is 14.2 Å². The molecule has 1 aromatic carbocycles. The molecule has 0 spiro atoms. The summed E-state index contributed by atoms with van der Waals surface area (Å²) in [7, 11) is 3.23. The quantitative estimate of drug-likeness (QED) is 0.550. The summed E-state index contributed by atoms with van der Waals surface area (Å²) in [5.41, 5.74) is 0.997. The third-order valence-electron chi connectivity index (χ3n) is 1.89. The van der Waals surface area contributed by atoms with E-state index in [-0.39, 0.29) is 0 Å². The van der Waals surface area contributed by atoms with E-state index >= 15 is 0 Å². The fourth-order valence-corrected chi connectivity index (χ4v) is 1.16. The van der Waals surface area contributed by atoms with Crippen molar-refractivity contribution >= 4 is 6.34 Å². The normalized spacial score (nSPS) is 9.29. The third-order valence-corrected chi connectivity index (χ3v) is 1.89. The minimum Gasteiger partial charge on any atom is -0.497 e. The molecule has 0 unspecified atom stereocenters. The fraction of sp³-hybridized carbons (Fsp3) is 0.300. The van der Waals surface area contributed by atoms with Crippen molar-refractivity contribution in [1.82, 2.24) is 5.32 Å². The lowest BCUT2D eigenvalue weighted by Crippen LogP contribution is -2.10. The van der Waals surface area contributed by atoms with Gasteiger partial charge in [0.2, 0.25) is 0 Å². The lowest BCUT2D eigenvalue weighted by Gasteiger charge is -2.09. The van der Waals surface area contributed by atoms with Crippen LogP contribution in [0.5, 0.6) is 11.5 Å². The molecule has 1 rings (SSSR count). The number of benzene rings is 1. The lowest BCUT2D eigenvalue weighted by molar-refractivity contribution is 0.390. The molecule has 0 bridgehead atoms. The van der Waals surface area contributed by atoms with Crippen LogP contribution in [-0.4, -0.2) is 20.6 Å². The van der Waals surface area contributed by atoms with Crippen LogP contribution in [0, 0.1) is 5.41 Å². The van der Waals surface area contributed by atoms with Crippen LogP contribution in [0.25, 0.3) is 0 Å². The van der Waals surface area contributed by atoms with E-state index in [4.69, 9.17) is 14.9 Å². The SMILES string of the molecule is COc1ccc(CNC=N)c(OC)c1. The molecule has 14 heavy (non-hydrogen) atoms. The van der Waals surface area contributed by atoms with Gasteiger partial charge in [0, 0.05) is 18.2 Å². The van der Waals surface area contributed by atoms with E-state index in [1.807, 2.05) is 18.2 Å². The summed E-state index contributed by atoms with van der Waals surface area (Å²) >= 11 is 0. The molecule has 0 radical (unpaired) electrons. The van der Waals surface area contributed by atoms with Crippen LogP contribution in [0.3, 0.4) is 0 Å². The Balaban J connectivity index is 2.87. The maximum absolute atomic E-state index is 6.86. The molecule has 1 aromatic rings. The molecule has 4 nitrogen and oxygen atoms in total. The van der Waals surface area contributed by atoms with Crippen molar-refractivity contribution < 1.29 is 9.47 Å². The number of hydrogen-bond acceptors (Lipinski definition) is 3. The highest BCUT2D eigenvalue weighted by atomic mass is 16.5. The van der Waals surface area contributed by atoms with Gasteiger partial charge >= 0.3 is 0 Å². The van der Waals surface area contributed by atoms with Crippen molar-refractivity contribution in [2.24, 2.45) is 0 Å². The van der Waals surface area contributed by atoms with Gasteiger partial charge in [-0.3, -0.25) is 5.41 Å². The van der Waals surface area contributed by atoms with Gasteiger partial charge in [-0.1, -0.05) is 0 Å². The smallest absolute Gasteiger partial charge is 0.127 e. The Labute approximate surface area is 83.4 Å². The second-order valence-corrected chi connectivity index (χ2v) is 2.70. The summed E-state index contributed by atoms with van der Waals surface area (Å²) in [6.07, 6.45) is 1.16. The second kappa shape index (κ2) is 5.11. The molecule has 0 aliphatic heterocycles. The summed E-state index contributed by atoms with van der Waals surface area (Å²) in [5, 5.41) is 9.65. The first-order valence-electron chi connectivity index (χ1n) is 4.25. The Morgan fingerprint density at radius 3 is 2.71 bits per heavy atom. The molecule has 2 N–H and O–H groups in total. The first-order chi connectivity index (χ1) is 6.81. The fourth-order valence-electron chi connectivity index (χ4n) is 1.16. The van der Waals surface area contributed by atoms with Gasteiger partial charge in [0.1, 0.15) is 11.5 Å². The van der Waals surface area contributed by atoms with E-state index in [0.717, 1.165) is 23.4 Å². The first-order valence-corrected chi connectivity index (χ1v) is 4.25. The molecular formula is C10H14N2O2. The number of rotatable bonds is 5. The Kier molecular flexibility index (Phi) is 3.79. The Morgan fingerprint density at radius 1 is 1.36 bits per heavy atom. The molecule has 76 valence electrons. The van der Waals surface area contributed by atoms with Crippen LogP contribution in [0.2, 0.25) is 0 Å². The molecule has 0 aromatic heterocycles. The van der Waals surface area contributed by atoms with Crippen LogP contribution in [0.1, 0.15) is 5.56 Å². The van der Waals surface area contributed by atoms with Gasteiger partial charge in [-0.05, 0) is 12.1 Å². The summed E-state index contributed by atoms with van der Waals surface area (Å²) in [6.45, 7) is 0.580. The van der Waals surface area contributed by atoms with Gasteiger partial charge in [0.05, 0.1) is 20.6 Å². The Morgan fingerprint density at radius 2 is 2.14 bits per heavy atom. The largest absolute Gasteiger partial charge is 0.497 e. The maximum Gasteiger partial charge on any atom is 0.127 e. The third kappa shape index (κ3) is 2.39. The zero-order valence-electron chi connectivity index (χ0n) is 8.33. The van der Waals surface area contributed by atoms with Gasteiger partial charge in [0.15, 0.2) is 0 Å². The van der Waals surface area contributed by atoms with Crippen molar-refractivity contribution in [2.75, 3.05) is 14.2 Å². The van der Waals surface area contributed by atoms with E-state index in [9.17, 15) is 0 Å². The van der Waals surface area contributed by atoms with Crippen LogP contribution in [-0.2, 0) is 6.54 Å². The molecule has 0 aliphatic rings. The number of hydrogen-bond donors (Lipinski definition) is 2. The summed E-state index contributed by atoms with van der Waals surface area (Å²) in [4.78, 5) is 0. The molecule has 0 amide bonds. The monoisotopic (exact) mass is 194 g/mol. The van der Waals surface area contributed by atoms with Gasteiger partial charge in [-0.25, -0.2) is 0 Å². The number of nitrogens with one attached hydrogen (secondary N) is 2. The predicted octanol–water partition coefficient (Wildman–Crippen LogP) is 1.40. The molecule has 0 aliphatic carbocycles. The molecule has 0 saturated carbocycles. The highest BCUT2D eigenvalue weighted by molar-refractivity contribution is 5.51. The van der Waals surface area contributed by atoms with Crippen LogP contribution in [0.15, 0.2) is 18.2 Å². The summed E-state index contributed by atoms with van der Waals surface area (Å²) in [6, 6.07) is 5.60. The average Bonchev–Trinajstić information content (AvgIpc) is 2.26. The minimum absolute atomic E-state index is 0.580. The lowest BCUT2D eigenvalue weighted by atomic mass is 10.2. The number of ether oxygens (including phenoxy) is 2. The first kappa shape index (κ1) is 10.4. The van der Waals surface area contributed by atoms with Crippen molar-refractivity contribution in [3.8, 4) is 11.5 Å². The molecule has 0 saturated heterocycles. The molecule has 0 heterocycles. The second-order valence-electron chi connectivity index (χ2n) is 2.70. The van der Waals surface area contributed by atoms with Gasteiger partial charge < -0.3 is 14.8 Å². The average molecular weight is 194 g/mol. The summed E-state index contributed by atoms with van der Waals surface area (Å²) < 4.78 is 10.3. The van der Waals surface area contributed by atoms with Gasteiger partial charge in [-0.2, -0.15) is 0 Å². The van der Waals surface area contributed by atoms with Crippen LogP contribution < -0.4 is 14.8 Å². The van der Waals surface area contributed by atoms with E-state index in [0.29, 0.717) is 6.54 Å². The molecule has 0 atom stereocenters. The Bertz CT molecular complexity index is 313. The van der Waals surface area contributed by atoms with E-state index < -0.39 is 0 Å². The molecule has 0 fully saturated rings. The van der Waals surface area contributed by atoms with Crippen molar-refractivity contribution in [3.63, 3.8) is 0 Å². The van der Waals surface area contributed by atoms with Gasteiger partial charge in [-0.15, -0.1) is 0 Å². The highest BCUT2D eigenvalue weighted by Gasteiger charge is 2.03. The molecular weight excluding hydrogens is 180 g/mol. The predicted molar refractivity (Wildman–Crippen MR) is 55.2 cm³/mol. The van der Waals surface area contributed by atoms with Crippen molar-refractivity contribution in [2.45, 2.75) is 6.54 Å². The zero-order chi connectivity index (χ0) is 10.4.